The number of aliphatic carboxylic acids is 1. The largest absolute Gasteiger partial charge is 0.480 e. The molecular formula is C19H21N5O3. The lowest BCUT2D eigenvalue weighted by atomic mass is 10.1. The van der Waals surface area contributed by atoms with Gasteiger partial charge >= 0.3 is 5.97 Å². The van der Waals surface area contributed by atoms with Crippen molar-refractivity contribution in [1.82, 2.24) is 15.3 Å². The molecule has 27 heavy (non-hydrogen) atoms. The third kappa shape index (κ3) is 3.94. The molecule has 3 rings (SSSR count). The number of benzene rings is 1. The summed E-state index contributed by atoms with van der Waals surface area (Å²) in [6, 6.07) is 6.34. The van der Waals surface area contributed by atoms with Crippen molar-refractivity contribution in [2.24, 2.45) is 4.99 Å². The minimum atomic E-state index is -1.10. The first-order valence-corrected chi connectivity index (χ1v) is 8.54. The number of nitrogens with one attached hydrogen (secondary N) is 1. The van der Waals surface area contributed by atoms with Gasteiger partial charge in [0.2, 0.25) is 11.9 Å². The van der Waals surface area contributed by atoms with Crippen molar-refractivity contribution in [2.45, 2.75) is 40.2 Å². The molecule has 1 saturated heterocycles. The van der Waals surface area contributed by atoms with Crippen LogP contribution in [-0.4, -0.2) is 39.0 Å². The number of carboxylic acids is 1. The summed E-state index contributed by atoms with van der Waals surface area (Å²) >= 11 is 0. The van der Waals surface area contributed by atoms with Crippen LogP contribution in [0.15, 0.2) is 29.3 Å². The van der Waals surface area contributed by atoms with Crippen LogP contribution in [0.4, 0.5) is 11.6 Å². The van der Waals surface area contributed by atoms with Gasteiger partial charge in [-0.05, 0) is 57.0 Å². The predicted octanol–water partition coefficient (Wildman–Crippen LogP) is 2.18. The Kier molecular flexibility index (Phi) is 4.89. The number of anilines is 1. The van der Waals surface area contributed by atoms with E-state index in [1.54, 1.807) is 0 Å². The Labute approximate surface area is 157 Å². The fraction of sp³-hybridized carbons (Fsp3) is 0.316. The third-order valence-electron chi connectivity index (χ3n) is 4.40. The summed E-state index contributed by atoms with van der Waals surface area (Å²) in [5.41, 5.74) is 4.19. The van der Waals surface area contributed by atoms with E-state index in [0.717, 1.165) is 22.5 Å². The molecule has 1 atom stereocenters. The standard InChI is InChI=1S/C19H21N5O3/c1-10-5-6-14(7-11(10)2)24-15(17(26)27)9-16(25)22-19(24)23-18-20-12(3)8-13(4)21-18/h5-8,15H,9H2,1-4H3,(H,26,27)(H,20,21,22,23,25)/t15-/m1/s1. The molecule has 0 aliphatic carbocycles. The zero-order valence-corrected chi connectivity index (χ0v) is 15.6. The minimum absolute atomic E-state index is 0.104. The molecule has 1 fully saturated rings. The van der Waals surface area contributed by atoms with Gasteiger partial charge in [-0.1, -0.05) is 6.07 Å². The van der Waals surface area contributed by atoms with Crippen LogP contribution in [-0.2, 0) is 9.59 Å². The molecule has 8 nitrogen and oxygen atoms in total. The zero-order valence-electron chi connectivity index (χ0n) is 15.6. The maximum absolute atomic E-state index is 12.1. The number of aryl methyl sites for hydroxylation is 4. The lowest BCUT2D eigenvalue weighted by Crippen LogP contribution is -2.58. The number of carboxylic acid groups (broad SMARTS) is 1. The highest BCUT2D eigenvalue weighted by molar-refractivity contribution is 6.13. The number of nitrogens with zero attached hydrogens (tertiary/aromatic N) is 4. The average molecular weight is 367 g/mol. The Balaban J connectivity index is 2.14. The van der Waals surface area contributed by atoms with Gasteiger partial charge in [-0.3, -0.25) is 15.0 Å². The smallest absolute Gasteiger partial charge is 0.327 e. The van der Waals surface area contributed by atoms with E-state index in [1.807, 2.05) is 52.0 Å². The highest BCUT2D eigenvalue weighted by atomic mass is 16.4. The number of guanidine groups is 1. The van der Waals surface area contributed by atoms with Crippen molar-refractivity contribution in [2.75, 3.05) is 4.90 Å². The van der Waals surface area contributed by atoms with E-state index in [0.29, 0.717) is 5.69 Å². The van der Waals surface area contributed by atoms with Crippen molar-refractivity contribution < 1.29 is 14.7 Å². The number of amides is 1. The van der Waals surface area contributed by atoms with Gasteiger partial charge in [0.25, 0.3) is 5.95 Å². The van der Waals surface area contributed by atoms with E-state index in [1.165, 1.54) is 4.90 Å². The summed E-state index contributed by atoms with van der Waals surface area (Å²) in [5, 5.41) is 12.3. The third-order valence-corrected chi connectivity index (χ3v) is 4.40. The lowest BCUT2D eigenvalue weighted by Gasteiger charge is -2.35. The quantitative estimate of drug-likeness (QED) is 0.861. The molecule has 0 spiro atoms. The first-order chi connectivity index (χ1) is 12.7. The lowest BCUT2D eigenvalue weighted by molar-refractivity contribution is -0.140. The number of aliphatic imine (C=N–C) groups is 1. The van der Waals surface area contributed by atoms with E-state index >= 15 is 0 Å². The Bertz CT molecular complexity index is 934. The summed E-state index contributed by atoms with van der Waals surface area (Å²) in [6.45, 7) is 7.56. The van der Waals surface area contributed by atoms with E-state index in [2.05, 4.69) is 20.3 Å². The van der Waals surface area contributed by atoms with E-state index in [4.69, 9.17) is 0 Å². The number of hydrogen-bond acceptors (Lipinski definition) is 5. The first-order valence-electron chi connectivity index (χ1n) is 8.54. The summed E-state index contributed by atoms with van der Waals surface area (Å²) in [5.74, 6) is -1.24. The Morgan fingerprint density at radius 3 is 2.41 bits per heavy atom. The first kappa shape index (κ1) is 18.5. The van der Waals surface area contributed by atoms with Gasteiger partial charge in [-0.15, -0.1) is 0 Å². The zero-order chi connectivity index (χ0) is 19.7. The molecule has 0 unspecified atom stereocenters. The number of aromatic nitrogens is 2. The Morgan fingerprint density at radius 2 is 1.81 bits per heavy atom. The molecule has 140 valence electrons. The molecule has 1 amide bonds. The van der Waals surface area contributed by atoms with Gasteiger partial charge in [-0.2, -0.15) is 4.99 Å². The Morgan fingerprint density at radius 1 is 1.15 bits per heavy atom. The molecule has 8 heteroatoms. The van der Waals surface area contributed by atoms with Crippen LogP contribution in [0, 0.1) is 27.7 Å². The fourth-order valence-electron chi connectivity index (χ4n) is 2.96. The van der Waals surface area contributed by atoms with E-state index in [-0.39, 0.29) is 18.3 Å². The highest BCUT2D eigenvalue weighted by Crippen LogP contribution is 2.25. The van der Waals surface area contributed by atoms with Gasteiger partial charge in [0, 0.05) is 17.1 Å². The van der Waals surface area contributed by atoms with Gasteiger partial charge in [0.05, 0.1) is 6.42 Å². The van der Waals surface area contributed by atoms with Crippen molar-refractivity contribution in [3.8, 4) is 0 Å². The van der Waals surface area contributed by atoms with Crippen molar-refractivity contribution in [3.63, 3.8) is 0 Å². The molecule has 1 aliphatic heterocycles. The second-order valence-corrected chi connectivity index (χ2v) is 6.63. The van der Waals surface area contributed by atoms with Gasteiger partial charge in [-0.25, -0.2) is 14.8 Å². The van der Waals surface area contributed by atoms with Crippen LogP contribution in [0.2, 0.25) is 0 Å². The number of rotatable bonds is 3. The van der Waals surface area contributed by atoms with Crippen LogP contribution in [0.5, 0.6) is 0 Å². The SMILES string of the molecule is Cc1cc(C)nc(/N=C2\NC(=O)C[C@H](C(=O)O)N2c2ccc(C)c(C)c2)n1. The second kappa shape index (κ2) is 7.14. The summed E-state index contributed by atoms with van der Waals surface area (Å²) < 4.78 is 0. The normalized spacial score (nSPS) is 18.5. The molecule has 1 aliphatic rings. The van der Waals surface area contributed by atoms with Crippen LogP contribution in [0.3, 0.4) is 0 Å². The second-order valence-electron chi connectivity index (χ2n) is 6.63. The molecule has 0 saturated carbocycles. The topological polar surface area (TPSA) is 108 Å². The highest BCUT2D eigenvalue weighted by Gasteiger charge is 2.37. The monoisotopic (exact) mass is 367 g/mol. The van der Waals surface area contributed by atoms with Crippen molar-refractivity contribution in [3.05, 3.63) is 46.8 Å². The molecule has 2 N–H and O–H groups in total. The molecule has 2 heterocycles. The summed E-state index contributed by atoms with van der Waals surface area (Å²) in [4.78, 5) is 38.3. The fourth-order valence-corrected chi connectivity index (χ4v) is 2.96. The maximum Gasteiger partial charge on any atom is 0.327 e. The molecule has 1 aromatic carbocycles. The summed E-state index contributed by atoms with van der Waals surface area (Å²) in [7, 11) is 0. The van der Waals surface area contributed by atoms with Crippen LogP contribution in [0.25, 0.3) is 0 Å². The van der Waals surface area contributed by atoms with Gasteiger partial charge in [0.15, 0.2) is 0 Å². The maximum atomic E-state index is 12.1. The van der Waals surface area contributed by atoms with Crippen molar-refractivity contribution >= 4 is 29.5 Å². The number of carbonyl (C=O) groups excluding carboxylic acids is 1. The number of hydrogen-bond donors (Lipinski definition) is 2. The summed E-state index contributed by atoms with van der Waals surface area (Å²) in [6.07, 6.45) is -0.172. The van der Waals surface area contributed by atoms with E-state index in [9.17, 15) is 14.7 Å². The van der Waals surface area contributed by atoms with Crippen LogP contribution < -0.4 is 10.2 Å². The van der Waals surface area contributed by atoms with Gasteiger partial charge in [0.1, 0.15) is 6.04 Å². The number of carbonyl (C=O) groups is 2. The predicted molar refractivity (Wildman–Crippen MR) is 101 cm³/mol. The average Bonchev–Trinajstić information content (AvgIpc) is 2.56. The molecular weight excluding hydrogens is 346 g/mol. The molecule has 0 bridgehead atoms. The Hall–Kier alpha value is -3.29. The van der Waals surface area contributed by atoms with E-state index < -0.39 is 17.9 Å². The van der Waals surface area contributed by atoms with Crippen LogP contribution in [0.1, 0.15) is 28.9 Å². The van der Waals surface area contributed by atoms with Gasteiger partial charge < -0.3 is 5.11 Å². The molecule has 2 aromatic rings. The van der Waals surface area contributed by atoms with Crippen LogP contribution >= 0.6 is 0 Å². The molecule has 0 radical (unpaired) electrons. The minimum Gasteiger partial charge on any atom is -0.480 e. The van der Waals surface area contributed by atoms with Crippen molar-refractivity contribution in [1.29, 1.82) is 0 Å². The molecule has 1 aromatic heterocycles.